The zero-order chi connectivity index (χ0) is 15.5. The van der Waals surface area contributed by atoms with Gasteiger partial charge in [-0.25, -0.2) is 18.1 Å². The molecule has 0 aliphatic rings. The monoisotopic (exact) mass is 326 g/mol. The summed E-state index contributed by atoms with van der Waals surface area (Å²) >= 11 is 1.42. The van der Waals surface area contributed by atoms with E-state index in [2.05, 4.69) is 19.9 Å². The number of nitrogens with one attached hydrogen (secondary N) is 2. The lowest BCUT2D eigenvalue weighted by Crippen LogP contribution is -2.27. The summed E-state index contributed by atoms with van der Waals surface area (Å²) in [4.78, 5) is 4.34. The van der Waals surface area contributed by atoms with E-state index in [0.29, 0.717) is 22.3 Å². The molecule has 2 rings (SSSR count). The van der Waals surface area contributed by atoms with Crippen molar-refractivity contribution in [1.82, 2.24) is 19.9 Å². The molecule has 114 valence electrons. The lowest BCUT2D eigenvalue weighted by atomic mass is 10.1. The van der Waals surface area contributed by atoms with Crippen LogP contribution in [0.4, 0.5) is 0 Å². The van der Waals surface area contributed by atoms with E-state index in [1.807, 2.05) is 32.9 Å². The van der Waals surface area contributed by atoms with E-state index in [-0.39, 0.29) is 0 Å². The van der Waals surface area contributed by atoms with Gasteiger partial charge in [0.15, 0.2) is 5.16 Å². The number of aryl methyl sites for hydroxylation is 3. The third-order valence-corrected chi connectivity index (χ3v) is 5.54. The molecule has 0 saturated carbocycles. The molecule has 0 radical (unpaired) electrons. The van der Waals surface area contributed by atoms with Gasteiger partial charge in [-0.05, 0) is 31.9 Å². The van der Waals surface area contributed by atoms with Gasteiger partial charge in [0.2, 0.25) is 10.0 Å². The van der Waals surface area contributed by atoms with Gasteiger partial charge in [0.1, 0.15) is 6.33 Å². The lowest BCUT2D eigenvalue weighted by molar-refractivity contribution is 0.583. The normalized spacial score (nSPS) is 11.8. The first kappa shape index (κ1) is 16.0. The van der Waals surface area contributed by atoms with E-state index in [4.69, 9.17) is 0 Å². The number of nitrogens with zero attached hydrogens (tertiary/aromatic N) is 2. The minimum absolute atomic E-state index is 0.334. The highest BCUT2D eigenvalue weighted by atomic mass is 32.2. The van der Waals surface area contributed by atoms with Gasteiger partial charge >= 0.3 is 0 Å². The Morgan fingerprint density at radius 3 is 2.48 bits per heavy atom. The molecule has 21 heavy (non-hydrogen) atoms. The fraction of sp³-hybridized carbons (Fsp3) is 0.385. The Labute approximate surface area is 128 Å². The molecule has 0 aliphatic carbocycles. The second kappa shape index (κ2) is 6.59. The minimum atomic E-state index is -3.49. The van der Waals surface area contributed by atoms with Crippen molar-refractivity contribution in [3.8, 4) is 0 Å². The Bertz CT molecular complexity index is 689. The lowest BCUT2D eigenvalue weighted by Gasteiger charge is -2.12. The Morgan fingerprint density at radius 1 is 1.24 bits per heavy atom. The maximum absolute atomic E-state index is 12.4. The molecule has 1 aromatic heterocycles. The van der Waals surface area contributed by atoms with E-state index in [1.165, 1.54) is 18.1 Å². The third kappa shape index (κ3) is 4.05. The van der Waals surface area contributed by atoms with Crippen LogP contribution in [-0.2, 0) is 10.0 Å². The highest BCUT2D eigenvalue weighted by Gasteiger charge is 2.19. The number of benzene rings is 1. The average Bonchev–Trinajstić information content (AvgIpc) is 2.86. The molecule has 0 saturated heterocycles. The molecule has 2 N–H and O–H groups in total. The van der Waals surface area contributed by atoms with Crippen LogP contribution >= 0.6 is 11.8 Å². The predicted molar refractivity (Wildman–Crippen MR) is 82.9 cm³/mol. The number of thioether (sulfide) groups is 1. The maximum atomic E-state index is 12.4. The molecule has 0 unspecified atom stereocenters. The molecule has 0 atom stereocenters. The van der Waals surface area contributed by atoms with Gasteiger partial charge in [0.05, 0.1) is 4.90 Å². The van der Waals surface area contributed by atoms with E-state index in [0.717, 1.165) is 16.7 Å². The molecule has 1 aromatic carbocycles. The van der Waals surface area contributed by atoms with Gasteiger partial charge in [-0.15, -0.1) is 0 Å². The summed E-state index contributed by atoms with van der Waals surface area (Å²) in [6, 6.07) is 3.76. The van der Waals surface area contributed by atoms with Crippen LogP contribution < -0.4 is 4.72 Å². The van der Waals surface area contributed by atoms with Crippen molar-refractivity contribution in [2.24, 2.45) is 0 Å². The summed E-state index contributed by atoms with van der Waals surface area (Å²) in [6.45, 7) is 5.92. The highest BCUT2D eigenvalue weighted by molar-refractivity contribution is 7.99. The first-order valence-electron chi connectivity index (χ1n) is 6.46. The number of rotatable bonds is 6. The fourth-order valence-electron chi connectivity index (χ4n) is 2.25. The Morgan fingerprint density at radius 2 is 1.90 bits per heavy atom. The van der Waals surface area contributed by atoms with Gasteiger partial charge in [-0.1, -0.05) is 29.5 Å². The summed E-state index contributed by atoms with van der Waals surface area (Å²) < 4.78 is 27.4. The van der Waals surface area contributed by atoms with Gasteiger partial charge in [-0.3, -0.25) is 5.10 Å². The van der Waals surface area contributed by atoms with Crippen LogP contribution in [0.3, 0.4) is 0 Å². The molecule has 2 aromatic rings. The molecule has 0 aliphatic heterocycles. The number of hydrogen-bond acceptors (Lipinski definition) is 5. The molecule has 0 amide bonds. The number of hydrogen-bond donors (Lipinski definition) is 2. The number of sulfonamides is 1. The van der Waals surface area contributed by atoms with Crippen molar-refractivity contribution in [2.75, 3.05) is 12.3 Å². The molecule has 0 bridgehead atoms. The van der Waals surface area contributed by atoms with Crippen LogP contribution in [0.15, 0.2) is 28.5 Å². The number of aromatic nitrogens is 3. The summed E-state index contributed by atoms with van der Waals surface area (Å²) in [5, 5.41) is 7.13. The first-order chi connectivity index (χ1) is 9.90. The largest absolute Gasteiger partial charge is 0.254 e. The van der Waals surface area contributed by atoms with Crippen molar-refractivity contribution in [2.45, 2.75) is 30.8 Å². The van der Waals surface area contributed by atoms with Crippen molar-refractivity contribution in [3.05, 3.63) is 35.2 Å². The van der Waals surface area contributed by atoms with Gasteiger partial charge in [0, 0.05) is 12.3 Å². The molecular weight excluding hydrogens is 308 g/mol. The van der Waals surface area contributed by atoms with Gasteiger partial charge < -0.3 is 0 Å². The zero-order valence-electron chi connectivity index (χ0n) is 12.2. The smallest absolute Gasteiger partial charge is 0.241 e. The van der Waals surface area contributed by atoms with Crippen LogP contribution in [0.2, 0.25) is 0 Å². The predicted octanol–water partition coefficient (Wildman–Crippen LogP) is 1.80. The topological polar surface area (TPSA) is 87.7 Å². The van der Waals surface area contributed by atoms with Crippen LogP contribution in [0.1, 0.15) is 16.7 Å². The van der Waals surface area contributed by atoms with Crippen LogP contribution in [0, 0.1) is 20.8 Å². The first-order valence-corrected chi connectivity index (χ1v) is 8.93. The van der Waals surface area contributed by atoms with Crippen molar-refractivity contribution < 1.29 is 8.42 Å². The number of H-pyrrole nitrogens is 1. The van der Waals surface area contributed by atoms with Crippen LogP contribution in [0.25, 0.3) is 0 Å². The molecule has 1 heterocycles. The Kier molecular flexibility index (Phi) is 5.02. The van der Waals surface area contributed by atoms with Gasteiger partial charge in [0.25, 0.3) is 0 Å². The van der Waals surface area contributed by atoms with Crippen molar-refractivity contribution >= 4 is 21.8 Å². The SMILES string of the molecule is Cc1cc(C)c(S(=O)(=O)NCCSc2ncn[nH]2)c(C)c1. The highest BCUT2D eigenvalue weighted by Crippen LogP contribution is 2.21. The minimum Gasteiger partial charge on any atom is -0.254 e. The summed E-state index contributed by atoms with van der Waals surface area (Å²) in [5.74, 6) is 0.582. The third-order valence-electron chi connectivity index (χ3n) is 2.90. The van der Waals surface area contributed by atoms with E-state index in [1.54, 1.807) is 0 Å². The second-order valence-electron chi connectivity index (χ2n) is 4.76. The quantitative estimate of drug-likeness (QED) is 0.624. The molecule has 6 nitrogen and oxygen atoms in total. The molecule has 8 heteroatoms. The zero-order valence-corrected chi connectivity index (χ0v) is 13.8. The van der Waals surface area contributed by atoms with E-state index >= 15 is 0 Å². The van der Waals surface area contributed by atoms with Crippen LogP contribution in [-0.4, -0.2) is 35.9 Å². The summed E-state index contributed by atoms with van der Waals surface area (Å²) in [5.41, 5.74) is 2.59. The summed E-state index contributed by atoms with van der Waals surface area (Å²) in [7, 11) is -3.49. The Balaban J connectivity index is 2.02. The Hall–Kier alpha value is -1.38. The maximum Gasteiger partial charge on any atom is 0.241 e. The van der Waals surface area contributed by atoms with Crippen molar-refractivity contribution in [1.29, 1.82) is 0 Å². The van der Waals surface area contributed by atoms with Crippen molar-refractivity contribution in [3.63, 3.8) is 0 Å². The standard InChI is InChI=1S/C13H18N4O2S2/c1-9-6-10(2)12(11(3)7-9)21(18,19)16-4-5-20-13-14-8-15-17-13/h6-8,16H,4-5H2,1-3H3,(H,14,15,17). The van der Waals surface area contributed by atoms with Crippen LogP contribution in [0.5, 0.6) is 0 Å². The van der Waals surface area contributed by atoms with Gasteiger partial charge in [-0.2, -0.15) is 5.10 Å². The van der Waals surface area contributed by atoms with E-state index < -0.39 is 10.0 Å². The molecule has 0 spiro atoms. The summed E-state index contributed by atoms with van der Waals surface area (Å²) in [6.07, 6.45) is 1.42. The number of aromatic amines is 1. The fourth-order valence-corrected chi connectivity index (χ4v) is 4.50. The molecule has 0 fully saturated rings. The van der Waals surface area contributed by atoms with E-state index in [9.17, 15) is 8.42 Å². The average molecular weight is 326 g/mol. The molecular formula is C13H18N4O2S2. The second-order valence-corrected chi connectivity index (χ2v) is 7.55.